The summed E-state index contributed by atoms with van der Waals surface area (Å²) in [4.78, 5) is 36.1. The second-order valence-electron chi connectivity index (χ2n) is 10.0. The van der Waals surface area contributed by atoms with E-state index in [0.717, 1.165) is 17.8 Å². The lowest BCUT2D eigenvalue weighted by molar-refractivity contribution is 0.0473. The quantitative estimate of drug-likeness (QED) is 0.514. The number of piperidine rings is 1. The highest BCUT2D eigenvalue weighted by Gasteiger charge is 2.28. The molecule has 38 heavy (non-hydrogen) atoms. The molecular formula is C29H33N5O4. The number of aliphatic hydroxyl groups excluding tert-OH is 1. The normalized spacial score (nSPS) is 17.2. The van der Waals surface area contributed by atoms with E-state index in [1.54, 1.807) is 35.2 Å². The molecule has 1 atom stereocenters. The molecule has 2 aliphatic rings. The number of hydrogen-bond acceptors (Lipinski definition) is 7. The molecule has 9 heteroatoms. The number of pyridine rings is 1. The van der Waals surface area contributed by atoms with Gasteiger partial charge in [-0.3, -0.25) is 9.59 Å². The number of β-amino-alcohol motifs (C(OH)–C–C–N with tert-alkyl or cyclic N) is 1. The fraction of sp³-hybridized carbons (Fsp3) is 0.345. The second-order valence-corrected chi connectivity index (χ2v) is 10.0. The number of nitrogens with one attached hydrogen (secondary N) is 1. The summed E-state index contributed by atoms with van der Waals surface area (Å²) >= 11 is 0. The van der Waals surface area contributed by atoms with Crippen LogP contribution in [0.3, 0.4) is 0 Å². The number of likely N-dealkylation sites (tertiary alicyclic amines) is 1. The molecule has 0 aliphatic carbocycles. The maximum absolute atomic E-state index is 13.1. The molecular weight excluding hydrogens is 482 g/mol. The van der Waals surface area contributed by atoms with Crippen LogP contribution >= 0.6 is 0 Å². The molecule has 1 aromatic heterocycles. The number of aromatic nitrogens is 1. The third-order valence-corrected chi connectivity index (χ3v) is 6.92. The van der Waals surface area contributed by atoms with E-state index >= 15 is 0 Å². The van der Waals surface area contributed by atoms with Gasteiger partial charge in [-0.15, -0.1) is 0 Å². The average Bonchev–Trinajstić information content (AvgIpc) is 2.98. The number of carbonyl (C=O) groups excluding carboxylic acids is 2. The van der Waals surface area contributed by atoms with Gasteiger partial charge in [0.15, 0.2) is 0 Å². The topological polar surface area (TPSA) is 98.2 Å². The minimum absolute atomic E-state index is 0.0946. The zero-order valence-corrected chi connectivity index (χ0v) is 22.1. The Morgan fingerprint density at radius 3 is 2.63 bits per heavy atom. The summed E-state index contributed by atoms with van der Waals surface area (Å²) in [5.41, 5.74) is 4.13. The van der Waals surface area contributed by atoms with Crippen molar-refractivity contribution in [1.29, 1.82) is 0 Å². The summed E-state index contributed by atoms with van der Waals surface area (Å²) in [6, 6.07) is 14.7. The van der Waals surface area contributed by atoms with Crippen LogP contribution in [0.25, 0.3) is 0 Å². The summed E-state index contributed by atoms with van der Waals surface area (Å²) in [5, 5.41) is 13.3. The van der Waals surface area contributed by atoms with Crippen molar-refractivity contribution < 1.29 is 19.4 Å². The van der Waals surface area contributed by atoms with Gasteiger partial charge in [-0.25, -0.2) is 4.98 Å². The summed E-state index contributed by atoms with van der Waals surface area (Å²) < 4.78 is 6.07. The number of amides is 2. The van der Waals surface area contributed by atoms with E-state index in [4.69, 9.17) is 4.74 Å². The highest BCUT2D eigenvalue weighted by Crippen LogP contribution is 2.40. The van der Waals surface area contributed by atoms with E-state index in [1.165, 1.54) is 0 Å². The molecule has 1 saturated heterocycles. The first-order chi connectivity index (χ1) is 18.2. The van der Waals surface area contributed by atoms with Crippen LogP contribution in [0, 0.1) is 0 Å². The molecule has 1 fully saturated rings. The Kier molecular flexibility index (Phi) is 6.94. The molecule has 2 amide bonds. The number of aliphatic hydroxyl groups is 1. The fourth-order valence-electron chi connectivity index (χ4n) is 4.97. The Labute approximate surface area is 222 Å². The second kappa shape index (κ2) is 10.3. The van der Waals surface area contributed by atoms with Crippen LogP contribution in [-0.2, 0) is 0 Å². The third kappa shape index (κ3) is 4.89. The van der Waals surface area contributed by atoms with Gasteiger partial charge in [0.25, 0.3) is 11.8 Å². The molecule has 3 heterocycles. The van der Waals surface area contributed by atoms with Crippen molar-refractivity contribution in [1.82, 2.24) is 9.88 Å². The van der Waals surface area contributed by atoms with Crippen molar-refractivity contribution in [2.45, 2.75) is 38.9 Å². The van der Waals surface area contributed by atoms with Crippen LogP contribution in [-0.4, -0.2) is 66.2 Å². The number of ether oxygens (including phenoxy) is 1. The highest BCUT2D eigenvalue weighted by atomic mass is 16.5. The van der Waals surface area contributed by atoms with E-state index in [0.29, 0.717) is 53.6 Å². The first-order valence-corrected chi connectivity index (χ1v) is 12.9. The summed E-state index contributed by atoms with van der Waals surface area (Å²) in [6.45, 7) is 4.83. The van der Waals surface area contributed by atoms with E-state index in [1.807, 2.05) is 62.2 Å². The van der Waals surface area contributed by atoms with Gasteiger partial charge in [0, 0.05) is 38.8 Å². The molecule has 5 rings (SSSR count). The SMILES string of the molecule is CC(C)Oc1cc(C(=O)N2CCC[C@H](O)C2)ccc1Nc1cc2c(cn1)N(C)C(=O)c1ccccc1N2C. The Bertz CT molecular complexity index is 1370. The number of fused-ring (bicyclic) bond motifs is 2. The van der Waals surface area contributed by atoms with Gasteiger partial charge in [0.2, 0.25) is 0 Å². The largest absolute Gasteiger partial charge is 0.489 e. The minimum Gasteiger partial charge on any atom is -0.489 e. The lowest BCUT2D eigenvalue weighted by Gasteiger charge is -2.30. The molecule has 2 N–H and O–H groups in total. The Morgan fingerprint density at radius 2 is 1.87 bits per heavy atom. The summed E-state index contributed by atoms with van der Waals surface area (Å²) in [7, 11) is 3.68. The van der Waals surface area contributed by atoms with Gasteiger partial charge in [0.1, 0.15) is 11.6 Å². The number of para-hydroxylation sites is 1. The first-order valence-electron chi connectivity index (χ1n) is 12.9. The van der Waals surface area contributed by atoms with Crippen LogP contribution in [0.1, 0.15) is 47.4 Å². The lowest BCUT2D eigenvalue weighted by Crippen LogP contribution is -2.42. The molecule has 0 spiro atoms. The maximum atomic E-state index is 13.1. The molecule has 198 valence electrons. The van der Waals surface area contributed by atoms with E-state index in [-0.39, 0.29) is 17.9 Å². The predicted octanol–water partition coefficient (Wildman–Crippen LogP) is 4.57. The van der Waals surface area contributed by atoms with E-state index < -0.39 is 6.10 Å². The van der Waals surface area contributed by atoms with E-state index in [9.17, 15) is 14.7 Å². The van der Waals surface area contributed by atoms with Crippen molar-refractivity contribution in [3.8, 4) is 5.75 Å². The van der Waals surface area contributed by atoms with Gasteiger partial charge < -0.3 is 29.9 Å². The van der Waals surface area contributed by atoms with Gasteiger partial charge in [0.05, 0.1) is 46.7 Å². The minimum atomic E-state index is -0.487. The van der Waals surface area contributed by atoms with Crippen molar-refractivity contribution in [3.63, 3.8) is 0 Å². The molecule has 2 aliphatic heterocycles. The van der Waals surface area contributed by atoms with Gasteiger partial charge in [-0.2, -0.15) is 0 Å². The summed E-state index contributed by atoms with van der Waals surface area (Å²) in [6.07, 6.45) is 2.58. The maximum Gasteiger partial charge on any atom is 0.260 e. The average molecular weight is 516 g/mol. The van der Waals surface area contributed by atoms with E-state index in [2.05, 4.69) is 10.3 Å². The number of anilines is 5. The molecule has 3 aromatic rings. The van der Waals surface area contributed by atoms with Crippen LogP contribution in [0.4, 0.5) is 28.6 Å². The van der Waals surface area contributed by atoms with Gasteiger partial charge in [-0.05, 0) is 57.0 Å². The Hall–Kier alpha value is -4.11. The zero-order chi connectivity index (χ0) is 27.0. The smallest absolute Gasteiger partial charge is 0.260 e. The number of nitrogens with zero attached hydrogens (tertiary/aromatic N) is 4. The number of rotatable bonds is 5. The zero-order valence-electron chi connectivity index (χ0n) is 22.1. The molecule has 0 radical (unpaired) electrons. The molecule has 2 aromatic carbocycles. The number of hydrogen-bond donors (Lipinski definition) is 2. The van der Waals surface area contributed by atoms with Crippen LogP contribution < -0.4 is 19.9 Å². The molecule has 0 unspecified atom stereocenters. The van der Waals surface area contributed by atoms with Crippen LogP contribution in [0.2, 0.25) is 0 Å². The third-order valence-electron chi connectivity index (χ3n) is 6.92. The molecule has 0 saturated carbocycles. The predicted molar refractivity (Wildman–Crippen MR) is 148 cm³/mol. The van der Waals surface area contributed by atoms with Gasteiger partial charge >= 0.3 is 0 Å². The van der Waals surface area contributed by atoms with Crippen LogP contribution in [0.15, 0.2) is 54.7 Å². The number of benzene rings is 2. The first kappa shape index (κ1) is 25.5. The fourth-order valence-corrected chi connectivity index (χ4v) is 4.97. The lowest BCUT2D eigenvalue weighted by atomic mass is 10.1. The van der Waals surface area contributed by atoms with Crippen LogP contribution in [0.5, 0.6) is 5.75 Å². The Balaban J connectivity index is 1.47. The highest BCUT2D eigenvalue weighted by molar-refractivity contribution is 6.13. The van der Waals surface area contributed by atoms with Crippen molar-refractivity contribution >= 4 is 40.4 Å². The van der Waals surface area contributed by atoms with Crippen molar-refractivity contribution in [2.75, 3.05) is 42.3 Å². The summed E-state index contributed by atoms with van der Waals surface area (Å²) in [5.74, 6) is 0.886. The standard InChI is InChI=1S/C29H33N5O4/c1-18(2)38-26-14-19(28(36)34-13-7-8-20(35)17-34)11-12-22(26)31-27-15-24-25(16-30-27)33(4)29(37)21-9-5-6-10-23(21)32(24)3/h5-6,9-12,14-16,18,20,35H,7-8,13,17H2,1-4H3,(H,30,31)/t20-/m0/s1. The molecule has 0 bridgehead atoms. The molecule has 9 nitrogen and oxygen atoms in total. The monoisotopic (exact) mass is 515 g/mol. The van der Waals surface area contributed by atoms with Gasteiger partial charge in [-0.1, -0.05) is 12.1 Å². The van der Waals surface area contributed by atoms with Crippen molar-refractivity contribution in [2.24, 2.45) is 0 Å². The Morgan fingerprint density at radius 1 is 1.08 bits per heavy atom. The number of carbonyl (C=O) groups is 2. The van der Waals surface area contributed by atoms with Crippen molar-refractivity contribution in [3.05, 3.63) is 65.9 Å².